The first-order valence-electron chi connectivity index (χ1n) is 48.4. The number of thiocarbonyl (C=S) groups is 4. The molecule has 5 saturated heterocycles. The van der Waals surface area contributed by atoms with E-state index in [1.54, 1.807) is 20.8 Å². The fourth-order valence-corrected chi connectivity index (χ4v) is 16.0. The van der Waals surface area contributed by atoms with Crippen molar-refractivity contribution in [3.8, 4) is 18.2 Å². The van der Waals surface area contributed by atoms with Crippen LogP contribution in [0.25, 0.3) is 5.41 Å². The van der Waals surface area contributed by atoms with Crippen LogP contribution < -0.4 is 72.5 Å². The average Bonchev–Trinajstić information content (AvgIpc) is 0.828. The largest absolute Gasteiger partial charge is 1.00 e. The minimum Gasteiger partial charge on any atom is -0.753 e. The molecule has 7 amide bonds. The average molecular weight is 2030 g/mol. The van der Waals surface area contributed by atoms with E-state index in [1.165, 1.54) is 50.1 Å². The number of carbonyl (C=O) groups is 8. The van der Waals surface area contributed by atoms with Gasteiger partial charge < -0.3 is 90.5 Å². The van der Waals surface area contributed by atoms with Crippen LogP contribution in [0, 0.1) is 73.4 Å². The van der Waals surface area contributed by atoms with E-state index >= 15 is 0 Å². The molecule has 0 unspecified atom stereocenters. The summed E-state index contributed by atoms with van der Waals surface area (Å²) in [6, 6.07) is 5.37. The number of carbonyl (C=O) groups excluding carboxylic acids is 8. The van der Waals surface area contributed by atoms with Gasteiger partial charge in [0.1, 0.15) is 34.3 Å². The number of rotatable bonds is 24. The molecule has 8 rings (SSSR count). The Bertz CT molecular complexity index is 3800. The van der Waals surface area contributed by atoms with E-state index in [9.17, 15) is 54.1 Å². The second-order valence-electron chi connectivity index (χ2n) is 41.6. The molecule has 0 aromatic heterocycles. The molecule has 34 nitrogen and oxygen atoms in total. The number of nitriles is 3. The predicted octanol–water partition coefficient (Wildman–Crippen LogP) is 14.3. The molecule has 3 saturated carbocycles. The van der Waals surface area contributed by atoms with Crippen molar-refractivity contribution in [2.75, 3.05) is 138 Å². The number of piperidine rings is 3. The third-order valence-corrected chi connectivity index (χ3v) is 23.2. The zero-order valence-corrected chi connectivity index (χ0v) is 91.6. The third-order valence-electron chi connectivity index (χ3n) is 22.7. The van der Waals surface area contributed by atoms with Gasteiger partial charge in [-0.05, 0) is 194 Å². The Hall–Kier alpha value is -6.40. The maximum atomic E-state index is 13.8. The van der Waals surface area contributed by atoms with Crippen molar-refractivity contribution in [1.29, 1.82) is 15.8 Å². The van der Waals surface area contributed by atoms with Crippen LogP contribution in [0.4, 0.5) is 24.0 Å². The summed E-state index contributed by atoms with van der Waals surface area (Å²) in [5.41, 5.74) is 2.05. The molecule has 0 aromatic rings. The van der Waals surface area contributed by atoms with Gasteiger partial charge in [0.2, 0.25) is 23.7 Å². The van der Waals surface area contributed by atoms with Gasteiger partial charge in [0, 0.05) is 77.0 Å². The van der Waals surface area contributed by atoms with Crippen molar-refractivity contribution in [1.82, 2.24) is 56.8 Å². The Labute approximate surface area is 869 Å². The molecular formula is C97H169ClN19NaO15S4. The number of isothiocyanates is 3. The maximum absolute atomic E-state index is 13.8. The molecule has 774 valence electrons. The van der Waals surface area contributed by atoms with Crippen LogP contribution in [0.1, 0.15) is 305 Å². The second-order valence-corrected chi connectivity index (χ2v) is 42.8. The third kappa shape index (κ3) is 65.4. The van der Waals surface area contributed by atoms with Crippen molar-refractivity contribution in [2.24, 2.45) is 60.1 Å². The monoisotopic (exact) mass is 2030 g/mol. The normalized spacial score (nSPS) is 18.6. The summed E-state index contributed by atoms with van der Waals surface area (Å²) < 4.78 is 35.2. The van der Waals surface area contributed by atoms with Gasteiger partial charge in [-0.15, -0.1) is 9.98 Å². The number of likely N-dealkylation sites (tertiary alicyclic amines) is 3. The Morgan fingerprint density at radius 1 is 0.504 bits per heavy atom. The standard InChI is InChI=1S/C29H50N6O4.C25H43N5O3S.C18H32N4O.C7H11NO2S.C6H11ClO2.C6H9NO2S.C4H9NO.CNS.CH4.Na/c1-5-13-34-14-11-29(21-30,12-15-34)33-25(36)24(20-23-9-7-6-8-10-23)31-26(35-16-18-38-19-17-35)32-27(37)39-22-28(2,3)4;1-5-13-30-14-11-25(17-26,12-15-30)29-21(31)20(16-19-9-7-6-8-10-19)27-22(34)28-23(32)33-18-24(2,3)4;1-2-10-22-11-8-18(14-19,9-12-22)21-17(23)16(20)13-15-6-4-3-5-7-15;1-7(2,3)4-10-6(9)8-5-11;1-6(2,3)4-9-5(7)8;1-6(2,3)9-5(8)7-4-10;1-3-6-4-2-5-1;2-1-3;;/h23-24H,5-20,22H2,1-4H3,(H,33,36)(H,31,32,37);19-20H,5-16,18H2,1-4H3,(H,29,31)(H2,27,28,32,34);15-16H,2-13,20H2,1H3,(H,21,23);4H2,1-3H3;4H2,1-3H3;1-3H3;5H,1-4H2;;1H4;/q;;;;;;;-1;;+1/t24-;20-;16-;;;;;;;/m000......./s1. The minimum atomic E-state index is -0.889. The Morgan fingerprint density at radius 3 is 1.18 bits per heavy atom. The summed E-state index contributed by atoms with van der Waals surface area (Å²) in [5, 5.41) is 62.8. The number of aliphatic imine (C=N–C) groups is 3. The van der Waals surface area contributed by atoms with E-state index < -0.39 is 70.1 Å². The van der Waals surface area contributed by atoms with Gasteiger partial charge in [-0.25, -0.2) is 29.0 Å². The number of hydrogen-bond acceptors (Lipinski definition) is 28. The summed E-state index contributed by atoms with van der Waals surface area (Å²) in [6.45, 7) is 50.6. The number of morpholine rings is 2. The number of halogens is 1. The topological polar surface area (TPSA) is 455 Å². The van der Waals surface area contributed by atoms with E-state index in [-0.39, 0.29) is 94.7 Å². The van der Waals surface area contributed by atoms with E-state index in [0.29, 0.717) is 115 Å². The molecule has 0 radical (unpaired) electrons. The molecule has 5 heterocycles. The fraction of sp³-hybridized carbons (Fsp3) is 0.835. The fourth-order valence-electron chi connectivity index (χ4n) is 15.6. The van der Waals surface area contributed by atoms with E-state index in [2.05, 4.69) is 142 Å². The van der Waals surface area contributed by atoms with Crippen LogP contribution in [-0.2, 0) is 47.5 Å². The first-order valence-corrected chi connectivity index (χ1v) is 50.4. The number of nitrogens with zero attached hydrogens (tertiary/aromatic N) is 11. The maximum Gasteiger partial charge on any atom is 1.00 e. The zero-order valence-electron chi connectivity index (χ0n) is 85.5. The van der Waals surface area contributed by atoms with Crippen molar-refractivity contribution in [3.05, 3.63) is 5.41 Å². The minimum absolute atomic E-state index is 0. The number of alkyl carbamates (subject to hydrolysis) is 2. The van der Waals surface area contributed by atoms with E-state index in [4.69, 9.17) is 68.4 Å². The van der Waals surface area contributed by atoms with Crippen LogP contribution in [0.2, 0.25) is 0 Å². The summed E-state index contributed by atoms with van der Waals surface area (Å²) >= 11 is 22.4. The van der Waals surface area contributed by atoms with Crippen LogP contribution >= 0.6 is 60.5 Å². The summed E-state index contributed by atoms with van der Waals surface area (Å²) in [7, 11) is 0. The number of amides is 7. The summed E-state index contributed by atoms with van der Waals surface area (Å²) in [6.07, 6.45) is 24.1. The molecule has 0 bridgehead atoms. The van der Waals surface area contributed by atoms with E-state index in [0.717, 1.165) is 162 Å². The van der Waals surface area contributed by atoms with Crippen molar-refractivity contribution < 1.29 is 101 Å². The predicted molar refractivity (Wildman–Crippen MR) is 550 cm³/mol. The molecule has 5 aliphatic heterocycles. The molecule has 137 heavy (non-hydrogen) atoms. The Morgan fingerprint density at radius 2 is 0.847 bits per heavy atom. The van der Waals surface area contributed by atoms with Crippen molar-refractivity contribution in [2.45, 2.75) is 346 Å². The number of nitrogens with two attached hydrogens (primary N) is 1. The van der Waals surface area contributed by atoms with Gasteiger partial charge in [-0.3, -0.25) is 25.0 Å². The smallest absolute Gasteiger partial charge is 0.753 e. The van der Waals surface area contributed by atoms with Crippen LogP contribution in [0.15, 0.2) is 15.0 Å². The number of nitrogens with one attached hydrogen (secondary N) is 7. The van der Waals surface area contributed by atoms with Gasteiger partial charge in [-0.1, -0.05) is 220 Å². The molecule has 8 aliphatic rings. The van der Waals surface area contributed by atoms with Crippen LogP contribution in [-0.4, -0.2) is 272 Å². The molecule has 0 aromatic carbocycles. The van der Waals surface area contributed by atoms with Gasteiger partial charge >= 0.3 is 59.4 Å². The Balaban J connectivity index is 0. The summed E-state index contributed by atoms with van der Waals surface area (Å²) in [4.78, 5) is 116. The molecule has 0 spiro atoms. The second kappa shape index (κ2) is 71.9. The van der Waals surface area contributed by atoms with Crippen molar-refractivity contribution in [3.63, 3.8) is 0 Å². The molecular weight excluding hydrogens is 1860 g/mol. The van der Waals surface area contributed by atoms with Gasteiger partial charge in [0.25, 0.3) is 0 Å². The van der Waals surface area contributed by atoms with Crippen LogP contribution in [0.5, 0.6) is 0 Å². The van der Waals surface area contributed by atoms with Crippen LogP contribution in [0.3, 0.4) is 0 Å². The van der Waals surface area contributed by atoms with E-state index in [1.807, 2.05) is 98.3 Å². The number of ether oxygens (including phenoxy) is 7. The van der Waals surface area contributed by atoms with Gasteiger partial charge in [0.05, 0.1) is 87.4 Å². The van der Waals surface area contributed by atoms with Gasteiger partial charge in [-0.2, -0.15) is 20.9 Å². The SMILES string of the molecule is C.C1COCCN1.CC(C)(C)COC(=O)Cl.CC(C)(C)COC(=O)N=C=S.CC(C)(C)OC(=O)N=C=S.CCCN1CCC(C#N)(NC(=O)[C@@H](N)CC2CCCCC2)CC1.CCCN1CCC(C#N)(NC(=O)[C@H](CC2CCCCC2)N=C(NC(=O)OCC(C)(C)C)N2CCOCC2)CC1.CCCN1CCC(C#N)(NC(=O)[C@H](CC2CCCCC2)NC(=S)NC(=O)OCC(C)(C)C)CC1.[N-]=C=S.[Na+]. The zero-order chi connectivity index (χ0) is 102. The molecule has 9 N–H and O–H groups in total. The molecule has 40 heteroatoms. The quantitative estimate of drug-likeness (QED) is 0.0111. The summed E-state index contributed by atoms with van der Waals surface area (Å²) in [5.74, 6) is 1.12. The molecule has 3 aliphatic carbocycles. The number of guanidine groups is 1. The van der Waals surface area contributed by atoms with Crippen molar-refractivity contribution >= 4 is 135 Å². The number of hydrogen-bond donors (Lipinski definition) is 8. The first kappa shape index (κ1) is 133. The Kier molecular flexibility index (Phi) is 69.7. The molecule has 8 fully saturated rings. The molecule has 3 atom stereocenters. The van der Waals surface area contributed by atoms with Gasteiger partial charge in [0.15, 0.2) is 5.11 Å². The first-order chi connectivity index (χ1) is 63.5.